The van der Waals surface area contributed by atoms with Crippen LogP contribution in [0.3, 0.4) is 0 Å². The molecule has 0 N–H and O–H groups in total. The van der Waals surface area contributed by atoms with Crippen molar-refractivity contribution >= 4 is 18.2 Å². The monoisotopic (exact) mass is 438 g/mol. The molecular formula is C24H26N2O6. The van der Waals surface area contributed by atoms with E-state index in [-0.39, 0.29) is 32.8 Å². The fourth-order valence-corrected chi connectivity index (χ4v) is 3.19. The zero-order chi connectivity index (χ0) is 22.8. The molecule has 8 heteroatoms. The van der Waals surface area contributed by atoms with Crippen LogP contribution in [-0.4, -0.2) is 47.4 Å². The van der Waals surface area contributed by atoms with Crippen molar-refractivity contribution in [1.82, 2.24) is 10.0 Å². The molecule has 1 unspecified atom stereocenters. The van der Waals surface area contributed by atoms with E-state index in [9.17, 15) is 14.4 Å². The van der Waals surface area contributed by atoms with Gasteiger partial charge in [0.15, 0.2) is 0 Å². The summed E-state index contributed by atoms with van der Waals surface area (Å²) in [5.74, 6) is -0.484. The Labute approximate surface area is 186 Å². The summed E-state index contributed by atoms with van der Waals surface area (Å²) in [5.41, 5.74) is 1.61. The van der Waals surface area contributed by atoms with Crippen molar-refractivity contribution < 1.29 is 28.6 Å². The molecule has 0 radical (unpaired) electrons. The molecule has 0 saturated heterocycles. The van der Waals surface area contributed by atoms with Crippen LogP contribution in [0.1, 0.15) is 24.5 Å². The van der Waals surface area contributed by atoms with Gasteiger partial charge in [0, 0.05) is 0 Å². The maximum atomic E-state index is 13.0. The molecule has 2 aromatic carbocycles. The van der Waals surface area contributed by atoms with Gasteiger partial charge in [-0.3, -0.25) is 4.79 Å². The summed E-state index contributed by atoms with van der Waals surface area (Å²) >= 11 is 0. The number of nitrogens with zero attached hydrogens (tertiary/aromatic N) is 2. The highest BCUT2D eigenvalue weighted by Crippen LogP contribution is 2.20. The normalized spacial score (nSPS) is 15.2. The molecule has 1 atom stereocenters. The van der Waals surface area contributed by atoms with Gasteiger partial charge in [-0.2, -0.15) is 0 Å². The summed E-state index contributed by atoms with van der Waals surface area (Å²) in [6.45, 7) is 2.10. The lowest BCUT2D eigenvalue weighted by Gasteiger charge is -2.39. The largest absolute Gasteiger partial charge is 0.466 e. The van der Waals surface area contributed by atoms with Gasteiger partial charge < -0.3 is 14.2 Å². The van der Waals surface area contributed by atoms with Crippen LogP contribution in [0.2, 0.25) is 0 Å². The molecule has 8 nitrogen and oxygen atoms in total. The molecule has 2 aromatic rings. The third-order valence-corrected chi connectivity index (χ3v) is 4.70. The van der Waals surface area contributed by atoms with Gasteiger partial charge in [0.2, 0.25) is 0 Å². The molecule has 0 spiro atoms. The zero-order valence-electron chi connectivity index (χ0n) is 17.9. The van der Waals surface area contributed by atoms with E-state index in [2.05, 4.69) is 0 Å². The van der Waals surface area contributed by atoms with Gasteiger partial charge in [-0.25, -0.2) is 19.6 Å². The van der Waals surface area contributed by atoms with E-state index in [1.807, 2.05) is 60.7 Å². The molecule has 0 aromatic heterocycles. The smallest absolute Gasteiger partial charge is 0.429 e. The summed E-state index contributed by atoms with van der Waals surface area (Å²) < 4.78 is 15.8. The fourth-order valence-electron chi connectivity index (χ4n) is 3.19. The van der Waals surface area contributed by atoms with Gasteiger partial charge in [0.25, 0.3) is 0 Å². The van der Waals surface area contributed by atoms with E-state index in [1.54, 1.807) is 19.1 Å². The lowest BCUT2D eigenvalue weighted by Crippen LogP contribution is -2.56. The van der Waals surface area contributed by atoms with Crippen molar-refractivity contribution in [2.45, 2.75) is 32.6 Å². The molecule has 1 heterocycles. The molecule has 0 saturated carbocycles. The van der Waals surface area contributed by atoms with Crippen molar-refractivity contribution in [3.05, 3.63) is 83.9 Å². The molecule has 1 aliphatic heterocycles. The number of benzene rings is 2. The first-order valence-electron chi connectivity index (χ1n) is 10.4. The standard InChI is InChI=1S/C24H26N2O6/c1-2-30-22(27)16-21-14-9-15-25(23(28)31-17-19-10-5-3-6-11-19)26(21)24(29)32-18-20-12-7-4-8-13-20/h3-14,21H,2,15-18H2,1H3. The number of carbonyl (C=O) groups excluding carboxylic acids is 3. The van der Waals surface area contributed by atoms with Crippen LogP contribution in [-0.2, 0) is 32.2 Å². The Morgan fingerprint density at radius 1 is 0.844 bits per heavy atom. The van der Waals surface area contributed by atoms with Crippen molar-refractivity contribution in [3.8, 4) is 0 Å². The molecule has 0 aliphatic carbocycles. The number of carbonyl (C=O) groups is 3. The first kappa shape index (κ1) is 22.9. The summed E-state index contributed by atoms with van der Waals surface area (Å²) in [6, 6.07) is 17.7. The van der Waals surface area contributed by atoms with Crippen molar-refractivity contribution in [2.24, 2.45) is 0 Å². The maximum absolute atomic E-state index is 13.0. The van der Waals surface area contributed by atoms with Crippen molar-refractivity contribution in [2.75, 3.05) is 13.2 Å². The lowest BCUT2D eigenvalue weighted by molar-refractivity contribution is -0.145. The first-order valence-corrected chi connectivity index (χ1v) is 10.4. The van der Waals surface area contributed by atoms with E-state index in [0.717, 1.165) is 21.1 Å². The SMILES string of the molecule is CCOC(=O)CC1C=CCN(C(=O)OCc2ccccc2)N1C(=O)OCc1ccccc1. The van der Waals surface area contributed by atoms with Crippen LogP contribution in [0, 0.1) is 0 Å². The minimum atomic E-state index is -0.760. The minimum Gasteiger partial charge on any atom is -0.466 e. The lowest BCUT2D eigenvalue weighted by atomic mass is 10.1. The highest BCUT2D eigenvalue weighted by Gasteiger charge is 2.37. The Kier molecular flexibility index (Phi) is 8.25. The van der Waals surface area contributed by atoms with Crippen LogP contribution in [0.15, 0.2) is 72.8 Å². The van der Waals surface area contributed by atoms with Crippen molar-refractivity contribution in [3.63, 3.8) is 0 Å². The highest BCUT2D eigenvalue weighted by atomic mass is 16.6. The first-order chi connectivity index (χ1) is 15.6. The molecule has 32 heavy (non-hydrogen) atoms. The van der Waals surface area contributed by atoms with E-state index >= 15 is 0 Å². The summed E-state index contributed by atoms with van der Waals surface area (Å²) in [7, 11) is 0. The molecule has 0 fully saturated rings. The van der Waals surface area contributed by atoms with E-state index in [4.69, 9.17) is 14.2 Å². The quantitative estimate of drug-likeness (QED) is 0.368. The summed E-state index contributed by atoms with van der Waals surface area (Å²) in [4.78, 5) is 37.9. The number of rotatable bonds is 7. The highest BCUT2D eigenvalue weighted by molar-refractivity contribution is 5.77. The Hall–Kier alpha value is -3.81. The maximum Gasteiger partial charge on any atom is 0.429 e. The molecule has 1 aliphatic rings. The second kappa shape index (κ2) is 11.5. The molecule has 168 valence electrons. The Morgan fingerprint density at radius 2 is 1.41 bits per heavy atom. The van der Waals surface area contributed by atoms with Crippen LogP contribution in [0.5, 0.6) is 0 Å². The van der Waals surface area contributed by atoms with E-state index in [0.29, 0.717) is 0 Å². The molecule has 0 bridgehead atoms. The Balaban J connectivity index is 1.73. The molecule has 2 amide bonds. The Morgan fingerprint density at radius 3 is 1.97 bits per heavy atom. The third-order valence-electron chi connectivity index (χ3n) is 4.70. The zero-order valence-corrected chi connectivity index (χ0v) is 17.9. The molecular weight excluding hydrogens is 412 g/mol. The van der Waals surface area contributed by atoms with Crippen LogP contribution >= 0.6 is 0 Å². The van der Waals surface area contributed by atoms with Crippen LogP contribution in [0.4, 0.5) is 9.59 Å². The van der Waals surface area contributed by atoms with Crippen molar-refractivity contribution in [1.29, 1.82) is 0 Å². The number of hydrogen-bond acceptors (Lipinski definition) is 6. The van der Waals surface area contributed by atoms with Gasteiger partial charge >= 0.3 is 18.2 Å². The second-order valence-corrected chi connectivity index (χ2v) is 7.01. The number of ether oxygens (including phenoxy) is 3. The average Bonchev–Trinajstić information content (AvgIpc) is 2.82. The van der Waals surface area contributed by atoms with Crippen LogP contribution in [0.25, 0.3) is 0 Å². The average molecular weight is 438 g/mol. The minimum absolute atomic E-state index is 0.0267. The number of hydrazine groups is 1. The van der Waals surface area contributed by atoms with E-state index < -0.39 is 24.2 Å². The Bertz CT molecular complexity index is 932. The van der Waals surface area contributed by atoms with E-state index in [1.165, 1.54) is 0 Å². The fraction of sp³-hybridized carbons (Fsp3) is 0.292. The third kappa shape index (κ3) is 6.34. The topological polar surface area (TPSA) is 85.4 Å². The summed E-state index contributed by atoms with van der Waals surface area (Å²) in [5, 5.41) is 2.26. The van der Waals surface area contributed by atoms with Gasteiger partial charge in [-0.1, -0.05) is 72.8 Å². The predicted molar refractivity (Wildman–Crippen MR) is 116 cm³/mol. The number of hydrogen-bond donors (Lipinski definition) is 0. The second-order valence-electron chi connectivity index (χ2n) is 7.01. The van der Waals surface area contributed by atoms with Crippen LogP contribution < -0.4 is 0 Å². The van der Waals surface area contributed by atoms with Gasteiger partial charge in [0.1, 0.15) is 13.2 Å². The molecule has 3 rings (SSSR count). The predicted octanol–water partition coefficient (Wildman–Crippen LogP) is 4.07. The summed E-state index contributed by atoms with van der Waals surface area (Å²) in [6.07, 6.45) is 1.79. The number of amides is 2. The number of esters is 1. The van der Waals surface area contributed by atoms with Gasteiger partial charge in [-0.15, -0.1) is 0 Å². The van der Waals surface area contributed by atoms with Gasteiger partial charge in [0.05, 0.1) is 25.6 Å². The van der Waals surface area contributed by atoms with Gasteiger partial charge in [-0.05, 0) is 18.1 Å².